The number of thiophene rings is 1. The number of nitrogens with zero attached hydrogens (tertiary/aromatic N) is 1. The van der Waals surface area contributed by atoms with Gasteiger partial charge in [-0.1, -0.05) is 32.1 Å². The molecule has 0 bridgehead atoms. The van der Waals surface area contributed by atoms with Crippen molar-refractivity contribution in [3.05, 3.63) is 15.8 Å². The molecule has 1 saturated carbocycles. The third-order valence-corrected chi connectivity index (χ3v) is 8.76. The Labute approximate surface area is 243 Å². The fourth-order valence-electron chi connectivity index (χ4n) is 5.44. The van der Waals surface area contributed by atoms with Crippen LogP contribution < -0.4 is 15.5 Å². The Kier molecular flexibility index (Phi) is 11.1. The molecule has 9 heteroatoms. The van der Waals surface area contributed by atoms with Crippen molar-refractivity contribution in [2.75, 3.05) is 24.5 Å². The van der Waals surface area contributed by atoms with E-state index in [1.807, 2.05) is 27.7 Å². The van der Waals surface area contributed by atoms with E-state index in [0.717, 1.165) is 56.4 Å². The largest absolute Gasteiger partial charge is 0.477 e. The average molecular weight is 574 g/mol. The lowest BCUT2D eigenvalue weighted by molar-refractivity contribution is -0.124. The fraction of sp³-hybridized carbons (Fsp3) is 0.710. The molecule has 2 amide bonds. The first-order valence-corrected chi connectivity index (χ1v) is 15.5. The maximum absolute atomic E-state index is 14.2. The predicted octanol–water partition coefficient (Wildman–Crippen LogP) is 6.04. The van der Waals surface area contributed by atoms with Crippen LogP contribution in [0.25, 0.3) is 0 Å². The first-order chi connectivity index (χ1) is 18.8. The SMILES string of the molecule is CCCC(CCNC(=O)OC1(C)CCNC1)N(C(=O)C1CCC(C)CC1)c1cc(C#CC(C)(C)C)sc1C(=O)O. The number of hydrogen-bond acceptors (Lipinski definition) is 6. The van der Waals surface area contributed by atoms with Gasteiger partial charge in [0.05, 0.1) is 10.6 Å². The average Bonchev–Trinajstić information content (AvgIpc) is 3.49. The monoisotopic (exact) mass is 573 g/mol. The number of nitrogens with one attached hydrogen (secondary N) is 2. The molecule has 1 aliphatic carbocycles. The second kappa shape index (κ2) is 13.9. The van der Waals surface area contributed by atoms with Gasteiger partial charge in [0.1, 0.15) is 10.5 Å². The molecule has 0 radical (unpaired) electrons. The van der Waals surface area contributed by atoms with Gasteiger partial charge in [-0.15, -0.1) is 11.3 Å². The predicted molar refractivity (Wildman–Crippen MR) is 160 cm³/mol. The smallest absolute Gasteiger partial charge is 0.407 e. The summed E-state index contributed by atoms with van der Waals surface area (Å²) in [4.78, 5) is 41.6. The van der Waals surface area contributed by atoms with Crippen molar-refractivity contribution >= 4 is 35.0 Å². The van der Waals surface area contributed by atoms with E-state index in [1.165, 1.54) is 0 Å². The number of ether oxygens (including phenoxy) is 1. The Morgan fingerprint density at radius 2 is 1.95 bits per heavy atom. The summed E-state index contributed by atoms with van der Waals surface area (Å²) in [7, 11) is 0. The molecule has 2 atom stereocenters. The first kappa shape index (κ1) is 32.0. The normalized spacial score (nSPS) is 23.6. The van der Waals surface area contributed by atoms with Gasteiger partial charge in [-0.25, -0.2) is 9.59 Å². The molecule has 3 N–H and O–H groups in total. The van der Waals surface area contributed by atoms with E-state index < -0.39 is 17.7 Å². The molecular weight excluding hydrogens is 526 g/mol. The maximum atomic E-state index is 14.2. The number of carbonyl (C=O) groups excluding carboxylic acids is 2. The highest BCUT2D eigenvalue weighted by atomic mass is 32.1. The number of rotatable bonds is 10. The van der Waals surface area contributed by atoms with Crippen LogP contribution in [0.3, 0.4) is 0 Å². The number of amides is 2. The van der Waals surface area contributed by atoms with Gasteiger partial charge in [-0.3, -0.25) is 4.79 Å². The van der Waals surface area contributed by atoms with Gasteiger partial charge in [-0.2, -0.15) is 0 Å². The molecule has 0 spiro atoms. The zero-order chi connectivity index (χ0) is 29.5. The van der Waals surface area contributed by atoms with Gasteiger partial charge in [-0.05, 0) is 84.7 Å². The summed E-state index contributed by atoms with van der Waals surface area (Å²) >= 11 is 1.12. The summed E-state index contributed by atoms with van der Waals surface area (Å²) in [6, 6.07) is 1.51. The lowest BCUT2D eigenvalue weighted by atomic mass is 9.82. The third-order valence-electron chi connectivity index (χ3n) is 7.73. The van der Waals surface area contributed by atoms with Crippen LogP contribution in [-0.2, 0) is 9.53 Å². The highest BCUT2D eigenvalue weighted by Crippen LogP contribution is 2.37. The second-order valence-electron chi connectivity index (χ2n) is 12.7. The van der Waals surface area contributed by atoms with E-state index >= 15 is 0 Å². The van der Waals surface area contributed by atoms with Gasteiger partial charge in [0.15, 0.2) is 0 Å². The minimum Gasteiger partial charge on any atom is -0.477 e. The second-order valence-corrected chi connectivity index (χ2v) is 13.8. The molecule has 2 aliphatic rings. The summed E-state index contributed by atoms with van der Waals surface area (Å²) in [5.41, 5.74) is -0.340. The minimum absolute atomic E-state index is 0.0203. The Hall–Kier alpha value is -2.57. The number of carboxylic acid groups (broad SMARTS) is 1. The fourth-order valence-corrected chi connectivity index (χ4v) is 6.28. The first-order valence-electron chi connectivity index (χ1n) is 14.7. The Bertz CT molecular complexity index is 1100. The molecule has 1 aromatic rings. The lowest BCUT2D eigenvalue weighted by Crippen LogP contribution is -2.47. The standard InChI is InChI=1S/C31H47N3O5S/c1-7-8-23(14-17-33-29(38)39-31(6)16-18-32-20-31)34(27(35)22-11-9-21(2)10-12-22)25-19-24(13-15-30(3,4)5)40-26(25)28(36)37/h19,21-23,32H,7-12,14,16-18,20H2,1-6H3,(H,33,38)(H,36,37). The Morgan fingerprint density at radius 3 is 2.52 bits per heavy atom. The van der Waals surface area contributed by atoms with E-state index in [2.05, 4.69) is 36.3 Å². The van der Waals surface area contributed by atoms with E-state index in [4.69, 9.17) is 4.74 Å². The maximum Gasteiger partial charge on any atom is 0.407 e. The van der Waals surface area contributed by atoms with Crippen LogP contribution in [0.5, 0.6) is 0 Å². The van der Waals surface area contributed by atoms with E-state index in [-0.39, 0.29) is 28.2 Å². The summed E-state index contributed by atoms with van der Waals surface area (Å²) in [6.07, 6.45) is 5.86. The van der Waals surface area contributed by atoms with Crippen LogP contribution in [0.4, 0.5) is 10.5 Å². The molecule has 1 aromatic heterocycles. The summed E-state index contributed by atoms with van der Waals surface area (Å²) in [5.74, 6) is 5.68. The number of anilines is 1. The van der Waals surface area contributed by atoms with Crippen molar-refractivity contribution in [1.29, 1.82) is 0 Å². The quantitative estimate of drug-likeness (QED) is 0.295. The number of hydrogen-bond donors (Lipinski definition) is 3. The number of carbonyl (C=O) groups is 3. The summed E-state index contributed by atoms with van der Waals surface area (Å²) < 4.78 is 5.66. The zero-order valence-electron chi connectivity index (χ0n) is 25.0. The van der Waals surface area contributed by atoms with E-state index in [1.54, 1.807) is 11.0 Å². The van der Waals surface area contributed by atoms with Gasteiger partial charge < -0.3 is 25.4 Å². The van der Waals surface area contributed by atoms with Crippen LogP contribution in [-0.4, -0.2) is 54.4 Å². The van der Waals surface area contributed by atoms with Crippen LogP contribution in [0, 0.1) is 29.1 Å². The molecule has 222 valence electrons. The van der Waals surface area contributed by atoms with Crippen LogP contribution in [0.1, 0.15) is 107 Å². The topological polar surface area (TPSA) is 108 Å². The molecule has 2 unspecified atom stereocenters. The van der Waals surface area contributed by atoms with Crippen molar-refractivity contribution in [3.8, 4) is 11.8 Å². The third kappa shape index (κ3) is 8.97. The van der Waals surface area contributed by atoms with Gasteiger partial charge >= 0.3 is 12.1 Å². The molecular formula is C31H47N3O5S. The minimum atomic E-state index is -1.06. The molecule has 40 heavy (non-hydrogen) atoms. The zero-order valence-corrected chi connectivity index (χ0v) is 25.8. The van der Waals surface area contributed by atoms with Crippen LogP contribution >= 0.6 is 11.3 Å². The van der Waals surface area contributed by atoms with Crippen molar-refractivity contribution in [2.24, 2.45) is 17.3 Å². The lowest BCUT2D eigenvalue weighted by Gasteiger charge is -2.36. The van der Waals surface area contributed by atoms with Crippen molar-refractivity contribution in [2.45, 2.75) is 105 Å². The van der Waals surface area contributed by atoms with Gasteiger partial charge in [0.2, 0.25) is 5.91 Å². The number of carboxylic acids is 1. The van der Waals surface area contributed by atoms with Crippen molar-refractivity contribution in [3.63, 3.8) is 0 Å². The summed E-state index contributed by atoms with van der Waals surface area (Å²) in [6.45, 7) is 14.0. The Morgan fingerprint density at radius 1 is 1.25 bits per heavy atom. The molecule has 2 heterocycles. The molecule has 3 rings (SSSR count). The van der Waals surface area contributed by atoms with Gasteiger partial charge in [0.25, 0.3) is 0 Å². The molecule has 0 aromatic carbocycles. The molecule has 1 aliphatic heterocycles. The Balaban J connectivity index is 1.89. The highest BCUT2D eigenvalue weighted by Gasteiger charge is 2.36. The molecule has 1 saturated heterocycles. The van der Waals surface area contributed by atoms with Crippen molar-refractivity contribution < 1.29 is 24.2 Å². The summed E-state index contributed by atoms with van der Waals surface area (Å²) in [5, 5.41) is 16.2. The number of alkyl carbamates (subject to hydrolysis) is 1. The van der Waals surface area contributed by atoms with Gasteiger partial charge in [0, 0.05) is 36.9 Å². The van der Waals surface area contributed by atoms with E-state index in [0.29, 0.717) is 42.4 Å². The van der Waals surface area contributed by atoms with Crippen LogP contribution in [0.15, 0.2) is 6.07 Å². The molecule has 8 nitrogen and oxygen atoms in total. The van der Waals surface area contributed by atoms with Crippen molar-refractivity contribution in [1.82, 2.24) is 10.6 Å². The van der Waals surface area contributed by atoms with E-state index in [9.17, 15) is 19.5 Å². The molecule has 2 fully saturated rings. The van der Waals surface area contributed by atoms with Crippen LogP contribution in [0.2, 0.25) is 0 Å². The number of aromatic carboxylic acids is 1. The highest BCUT2D eigenvalue weighted by molar-refractivity contribution is 7.15.